The number of hydrogen-bond donors (Lipinski definition) is 1. The van der Waals surface area contributed by atoms with Crippen LogP contribution >= 0.6 is 15.9 Å². The minimum absolute atomic E-state index is 0.203. The highest BCUT2D eigenvalue weighted by atomic mass is 79.9. The number of likely N-dealkylation sites (tertiary alicyclic amines) is 1. The number of carbonyl (C=O) groups is 3. The van der Waals surface area contributed by atoms with Gasteiger partial charge in [0.25, 0.3) is 0 Å². The summed E-state index contributed by atoms with van der Waals surface area (Å²) in [4.78, 5) is 45.6. The van der Waals surface area contributed by atoms with E-state index in [1.807, 2.05) is 60.7 Å². The van der Waals surface area contributed by atoms with E-state index < -0.39 is 48.2 Å². The molecule has 3 fully saturated rings. The zero-order valence-corrected chi connectivity index (χ0v) is 25.1. The first kappa shape index (κ1) is 30.2. The van der Waals surface area contributed by atoms with E-state index in [1.54, 1.807) is 17.1 Å². The average molecular weight is 638 g/mol. The molecule has 2 bridgehead atoms. The number of alkyl halides is 1. The van der Waals surface area contributed by atoms with Gasteiger partial charge in [0.15, 0.2) is 0 Å². The fourth-order valence-electron chi connectivity index (χ4n) is 6.84. The predicted molar refractivity (Wildman–Crippen MR) is 161 cm³/mol. The summed E-state index contributed by atoms with van der Waals surface area (Å²) in [5, 5.41) is 10.7. The number of nitrogens with zero attached hydrogens (tertiary/aromatic N) is 2. The minimum atomic E-state index is -1.27. The summed E-state index contributed by atoms with van der Waals surface area (Å²) < 4.78 is 12.3. The van der Waals surface area contributed by atoms with Crippen LogP contribution in [0.1, 0.15) is 36.4 Å². The number of amides is 2. The van der Waals surface area contributed by atoms with Gasteiger partial charge in [-0.1, -0.05) is 88.7 Å². The second-order valence-corrected chi connectivity index (χ2v) is 12.3. The molecule has 3 aliphatic rings. The van der Waals surface area contributed by atoms with Crippen molar-refractivity contribution < 1.29 is 29.0 Å². The van der Waals surface area contributed by atoms with Gasteiger partial charge in [0.05, 0.1) is 37.2 Å². The van der Waals surface area contributed by atoms with E-state index >= 15 is 0 Å². The monoisotopic (exact) mass is 636 g/mol. The van der Waals surface area contributed by atoms with Gasteiger partial charge >= 0.3 is 5.97 Å². The van der Waals surface area contributed by atoms with E-state index in [4.69, 9.17) is 9.47 Å². The number of aliphatic hydroxyl groups is 1. The number of aliphatic hydroxyl groups excluding tert-OH is 1. The highest BCUT2D eigenvalue weighted by Gasteiger charge is 2.77. The van der Waals surface area contributed by atoms with Gasteiger partial charge in [0.2, 0.25) is 11.8 Å². The smallest absolute Gasteiger partial charge is 0.312 e. The second kappa shape index (κ2) is 12.9. The van der Waals surface area contributed by atoms with Gasteiger partial charge in [-0.2, -0.15) is 0 Å². The van der Waals surface area contributed by atoms with E-state index in [-0.39, 0.29) is 29.8 Å². The number of fused-ring (bicyclic) bond motifs is 1. The standard InChI is InChI=1S/C33H37BrN2O6/c1-3-5-12-18-41-32(40)26-27-30(38)36(25(21-37)23-15-10-7-11-16-23)29(33(27)19-24(34)28(26)42-33)31(39)35(17-4-2)20-22-13-8-6-9-14-22/h3-4,6-11,13-16,24-29,37H,1-2,5,12,17-21H2/t24?,25-,26-,27+,28-,29?,33?/m1/s1. The normalized spacial score (nSPS) is 28.3. The molecule has 3 aliphatic heterocycles. The third-order valence-corrected chi connectivity index (χ3v) is 9.45. The van der Waals surface area contributed by atoms with Crippen LogP contribution in [0.2, 0.25) is 0 Å². The zero-order chi connectivity index (χ0) is 29.9. The summed E-state index contributed by atoms with van der Waals surface area (Å²) >= 11 is 3.70. The third-order valence-electron chi connectivity index (χ3n) is 8.60. The first-order valence-electron chi connectivity index (χ1n) is 14.4. The van der Waals surface area contributed by atoms with Crippen molar-refractivity contribution in [2.24, 2.45) is 11.8 Å². The Morgan fingerprint density at radius 3 is 2.48 bits per heavy atom. The molecule has 9 heteroatoms. The van der Waals surface area contributed by atoms with Crippen LogP contribution in [-0.2, 0) is 30.4 Å². The summed E-state index contributed by atoms with van der Waals surface area (Å²) in [5.41, 5.74) is 0.348. The van der Waals surface area contributed by atoms with Gasteiger partial charge in [-0.25, -0.2) is 0 Å². The summed E-state index contributed by atoms with van der Waals surface area (Å²) in [7, 11) is 0. The van der Waals surface area contributed by atoms with Gasteiger partial charge < -0.3 is 24.4 Å². The van der Waals surface area contributed by atoms with Crippen molar-refractivity contribution in [1.82, 2.24) is 9.80 Å². The summed E-state index contributed by atoms with van der Waals surface area (Å²) in [6.07, 6.45) is 4.48. The molecule has 1 spiro atoms. The first-order valence-corrected chi connectivity index (χ1v) is 15.3. The molecule has 0 radical (unpaired) electrons. The first-order chi connectivity index (χ1) is 20.4. The van der Waals surface area contributed by atoms with Crippen molar-refractivity contribution in [3.8, 4) is 0 Å². The SMILES string of the molecule is C=CCCCOC(=O)[C@H]1[C@@H]2OC3(CC2Br)C(C(=O)N(CC=C)Cc2ccccc2)N([C@H](CO)c2ccccc2)C(=O)[C@H]13. The Morgan fingerprint density at radius 1 is 1.14 bits per heavy atom. The number of benzene rings is 2. The lowest BCUT2D eigenvalue weighted by atomic mass is 9.70. The van der Waals surface area contributed by atoms with Gasteiger partial charge in [-0.15, -0.1) is 13.2 Å². The van der Waals surface area contributed by atoms with E-state index in [0.717, 1.165) is 5.56 Å². The number of carbonyl (C=O) groups excluding carboxylic acids is 3. The molecule has 3 heterocycles. The molecule has 2 aromatic carbocycles. The molecular weight excluding hydrogens is 600 g/mol. The van der Waals surface area contributed by atoms with Crippen LogP contribution in [0.4, 0.5) is 0 Å². The van der Waals surface area contributed by atoms with Crippen LogP contribution in [0.25, 0.3) is 0 Å². The molecule has 42 heavy (non-hydrogen) atoms. The van der Waals surface area contributed by atoms with Crippen molar-refractivity contribution in [3.63, 3.8) is 0 Å². The molecule has 0 aromatic heterocycles. The van der Waals surface area contributed by atoms with Gasteiger partial charge in [-0.3, -0.25) is 14.4 Å². The quantitative estimate of drug-likeness (QED) is 0.153. The molecule has 3 unspecified atom stereocenters. The fourth-order valence-corrected chi connectivity index (χ4v) is 7.79. The summed E-state index contributed by atoms with van der Waals surface area (Å²) in [5.74, 6) is -3.00. The number of allylic oxidation sites excluding steroid dienone is 1. The molecule has 2 amide bonds. The Balaban J connectivity index is 1.57. The number of hydrogen-bond acceptors (Lipinski definition) is 6. The van der Waals surface area contributed by atoms with Crippen LogP contribution in [0.3, 0.4) is 0 Å². The molecule has 1 N–H and O–H groups in total. The molecule has 222 valence electrons. The lowest BCUT2D eigenvalue weighted by molar-refractivity contribution is -0.156. The number of unbranched alkanes of at least 4 members (excludes halogenated alkanes) is 1. The largest absolute Gasteiger partial charge is 0.465 e. The lowest BCUT2D eigenvalue weighted by Crippen LogP contribution is -2.57. The Bertz CT molecular complexity index is 1310. The number of ether oxygens (including phenoxy) is 2. The molecular formula is C33H37BrN2O6. The maximum atomic E-state index is 14.7. The van der Waals surface area contributed by atoms with Crippen LogP contribution < -0.4 is 0 Å². The number of halogens is 1. The molecule has 0 saturated carbocycles. The Hall–Kier alpha value is -3.27. The summed E-state index contributed by atoms with van der Waals surface area (Å²) in [6, 6.07) is 16.9. The Kier molecular flexibility index (Phi) is 9.30. The highest BCUT2D eigenvalue weighted by molar-refractivity contribution is 9.09. The third kappa shape index (κ3) is 5.34. The second-order valence-electron chi connectivity index (χ2n) is 11.1. The Labute approximate surface area is 255 Å². The molecule has 2 aromatic rings. The number of rotatable bonds is 13. The Morgan fingerprint density at radius 2 is 1.83 bits per heavy atom. The van der Waals surface area contributed by atoms with E-state index in [9.17, 15) is 19.5 Å². The van der Waals surface area contributed by atoms with Gasteiger partial charge in [0, 0.05) is 17.9 Å². The molecule has 8 nitrogen and oxygen atoms in total. The lowest BCUT2D eigenvalue weighted by Gasteiger charge is -2.39. The van der Waals surface area contributed by atoms with Crippen molar-refractivity contribution >= 4 is 33.7 Å². The van der Waals surface area contributed by atoms with E-state index in [2.05, 4.69) is 29.1 Å². The predicted octanol–water partition coefficient (Wildman–Crippen LogP) is 4.19. The fraction of sp³-hybridized carbons (Fsp3) is 0.424. The molecule has 0 aliphatic carbocycles. The average Bonchev–Trinajstić information content (AvgIpc) is 3.60. The zero-order valence-electron chi connectivity index (χ0n) is 23.5. The van der Waals surface area contributed by atoms with Crippen LogP contribution in [0, 0.1) is 11.8 Å². The molecule has 3 saturated heterocycles. The van der Waals surface area contributed by atoms with Crippen molar-refractivity contribution in [2.75, 3.05) is 19.8 Å². The van der Waals surface area contributed by atoms with E-state index in [0.29, 0.717) is 31.4 Å². The van der Waals surface area contributed by atoms with Crippen LogP contribution in [-0.4, -0.2) is 75.0 Å². The topological polar surface area (TPSA) is 96.4 Å². The van der Waals surface area contributed by atoms with Crippen molar-refractivity contribution in [1.29, 1.82) is 0 Å². The summed E-state index contributed by atoms with van der Waals surface area (Å²) in [6.45, 7) is 7.92. The number of esters is 1. The van der Waals surface area contributed by atoms with Crippen LogP contribution in [0.5, 0.6) is 0 Å². The maximum absolute atomic E-state index is 14.7. The van der Waals surface area contributed by atoms with Crippen molar-refractivity contribution in [3.05, 3.63) is 97.1 Å². The van der Waals surface area contributed by atoms with Crippen LogP contribution in [0.15, 0.2) is 86.0 Å². The van der Waals surface area contributed by atoms with Gasteiger partial charge in [-0.05, 0) is 30.4 Å². The molecule has 7 atom stereocenters. The minimum Gasteiger partial charge on any atom is -0.465 e. The maximum Gasteiger partial charge on any atom is 0.312 e. The molecule has 5 rings (SSSR count). The highest BCUT2D eigenvalue weighted by Crippen LogP contribution is 2.61. The van der Waals surface area contributed by atoms with Gasteiger partial charge in [0.1, 0.15) is 11.6 Å². The van der Waals surface area contributed by atoms with Crippen molar-refractivity contribution in [2.45, 2.75) is 54.4 Å². The van der Waals surface area contributed by atoms with E-state index in [1.165, 1.54) is 4.90 Å².